The Labute approximate surface area is 230 Å². The van der Waals surface area contributed by atoms with Crippen LogP contribution in [0.5, 0.6) is 0 Å². The first-order chi connectivity index (χ1) is 18.6. The van der Waals surface area contributed by atoms with Gasteiger partial charge < -0.3 is 14.2 Å². The molecule has 206 valence electrons. The van der Waals surface area contributed by atoms with Crippen LogP contribution in [0, 0.1) is 0 Å². The Morgan fingerprint density at radius 1 is 0.872 bits per heavy atom. The van der Waals surface area contributed by atoms with E-state index in [-0.39, 0.29) is 43.7 Å². The van der Waals surface area contributed by atoms with Crippen molar-refractivity contribution < 1.29 is 33.2 Å². The maximum absolute atomic E-state index is 11.9. The van der Waals surface area contributed by atoms with E-state index in [1.165, 1.54) is 29.4 Å². The van der Waals surface area contributed by atoms with E-state index in [2.05, 4.69) is 80.6 Å². The molecule has 0 aromatic heterocycles. The minimum absolute atomic E-state index is 0.0371. The van der Waals surface area contributed by atoms with Crippen LogP contribution in [0.15, 0.2) is 72.8 Å². The van der Waals surface area contributed by atoms with Gasteiger partial charge in [-0.2, -0.15) is 4.58 Å². The lowest BCUT2D eigenvalue weighted by atomic mass is 9.81. The molecule has 0 bridgehead atoms. The molecule has 0 fully saturated rings. The van der Waals surface area contributed by atoms with E-state index < -0.39 is 17.9 Å². The number of fused-ring (bicyclic) bond motifs is 1. The highest BCUT2D eigenvalue weighted by molar-refractivity contribution is 6.02. The van der Waals surface area contributed by atoms with Crippen molar-refractivity contribution in [3.05, 3.63) is 89.5 Å². The molecule has 7 heteroatoms. The summed E-state index contributed by atoms with van der Waals surface area (Å²) in [6.45, 7) is 9.63. The molecule has 1 aliphatic rings. The summed E-state index contributed by atoms with van der Waals surface area (Å²) in [4.78, 5) is 34.9. The number of esters is 3. The number of allylic oxidation sites excluding steroid dienone is 2. The molecule has 0 saturated carbocycles. The molecule has 0 N–H and O–H groups in total. The quantitative estimate of drug-likeness (QED) is 0.118. The lowest BCUT2D eigenvalue weighted by molar-refractivity contribution is -0.401. The van der Waals surface area contributed by atoms with Crippen molar-refractivity contribution in [3.8, 4) is 0 Å². The maximum atomic E-state index is 11.9. The average Bonchev–Trinajstić information content (AvgIpc) is 3.11. The van der Waals surface area contributed by atoms with Gasteiger partial charge in [-0.25, -0.2) is 4.79 Å². The predicted molar refractivity (Wildman–Crippen MR) is 150 cm³/mol. The first-order valence-electron chi connectivity index (χ1n) is 13.2. The second-order valence-electron chi connectivity index (χ2n) is 10.1. The Kier molecular flexibility index (Phi) is 10.4. The van der Waals surface area contributed by atoms with Crippen molar-refractivity contribution in [2.45, 2.75) is 51.9 Å². The first-order valence-corrected chi connectivity index (χ1v) is 13.2. The van der Waals surface area contributed by atoms with E-state index >= 15 is 0 Å². The third kappa shape index (κ3) is 8.24. The molecule has 0 unspecified atom stereocenters. The number of hydrogen-bond donors (Lipinski definition) is 0. The summed E-state index contributed by atoms with van der Waals surface area (Å²) < 4.78 is 17.3. The van der Waals surface area contributed by atoms with Gasteiger partial charge in [0.25, 0.3) is 0 Å². The van der Waals surface area contributed by atoms with Crippen molar-refractivity contribution >= 4 is 29.3 Å². The first kappa shape index (κ1) is 29.6. The molecule has 2 aromatic carbocycles. The number of nitrogens with zero attached hydrogens (tertiary/aromatic N) is 1. The van der Waals surface area contributed by atoms with Gasteiger partial charge in [-0.1, -0.05) is 55.1 Å². The van der Waals surface area contributed by atoms with Gasteiger partial charge in [0.2, 0.25) is 5.69 Å². The highest BCUT2D eigenvalue weighted by Crippen LogP contribution is 2.38. The largest absolute Gasteiger partial charge is 0.465 e. The van der Waals surface area contributed by atoms with E-state index in [0.717, 1.165) is 12.0 Å². The fourth-order valence-electron chi connectivity index (χ4n) is 4.49. The van der Waals surface area contributed by atoms with Crippen molar-refractivity contribution in [2.24, 2.45) is 0 Å². The van der Waals surface area contributed by atoms with Gasteiger partial charge in [0, 0.05) is 29.7 Å². The number of carbonyl (C=O) groups excluding carboxylic acids is 3. The van der Waals surface area contributed by atoms with Crippen molar-refractivity contribution in [3.63, 3.8) is 0 Å². The number of benzene rings is 2. The molecular weight excluding hydrogens is 494 g/mol. The smallest absolute Gasteiger partial charge is 0.333 e. The zero-order valence-corrected chi connectivity index (χ0v) is 23.3. The van der Waals surface area contributed by atoms with E-state index in [1.807, 2.05) is 12.1 Å². The Bertz CT molecular complexity index is 1270. The topological polar surface area (TPSA) is 81.9 Å². The fraction of sp³-hybridized carbons (Fsp3) is 0.375. The minimum atomic E-state index is -0.547. The predicted octanol–water partition coefficient (Wildman–Crippen LogP) is 5.02. The summed E-state index contributed by atoms with van der Waals surface area (Å²) in [5.41, 5.74) is 6.39. The molecule has 0 atom stereocenters. The molecule has 2 aromatic rings. The number of ether oxygens (including phenoxy) is 3. The van der Waals surface area contributed by atoms with Crippen molar-refractivity contribution in [1.82, 2.24) is 0 Å². The molecule has 39 heavy (non-hydrogen) atoms. The third-order valence-electron chi connectivity index (χ3n) is 6.71. The van der Waals surface area contributed by atoms with Crippen LogP contribution in [0.2, 0.25) is 0 Å². The summed E-state index contributed by atoms with van der Waals surface area (Å²) in [5.74, 6) is -1.54. The van der Waals surface area contributed by atoms with Gasteiger partial charge in [-0.3, -0.25) is 9.59 Å². The van der Waals surface area contributed by atoms with Gasteiger partial charge in [0.15, 0.2) is 5.71 Å². The molecule has 0 aliphatic carbocycles. The molecule has 3 rings (SSSR count). The summed E-state index contributed by atoms with van der Waals surface area (Å²) in [6.07, 6.45) is 5.69. The van der Waals surface area contributed by atoms with Crippen LogP contribution in [0.1, 0.15) is 50.3 Å². The van der Waals surface area contributed by atoms with E-state index in [0.29, 0.717) is 6.42 Å². The molecule has 1 heterocycles. The zero-order valence-electron chi connectivity index (χ0n) is 23.3. The van der Waals surface area contributed by atoms with Crippen LogP contribution < -0.4 is 0 Å². The van der Waals surface area contributed by atoms with Crippen LogP contribution in [-0.4, -0.2) is 55.1 Å². The van der Waals surface area contributed by atoms with Crippen LogP contribution in [0.25, 0.3) is 0 Å². The molecule has 0 radical (unpaired) electrons. The van der Waals surface area contributed by atoms with E-state index in [4.69, 9.17) is 14.2 Å². The minimum Gasteiger partial charge on any atom is -0.465 e. The summed E-state index contributed by atoms with van der Waals surface area (Å²) >= 11 is 0. The monoisotopic (exact) mass is 532 g/mol. The summed E-state index contributed by atoms with van der Waals surface area (Å²) in [6, 6.07) is 16.8. The lowest BCUT2D eigenvalue weighted by Gasteiger charge is -2.15. The van der Waals surface area contributed by atoms with Crippen LogP contribution in [0.3, 0.4) is 0 Å². The molecule has 1 aliphatic heterocycles. The van der Waals surface area contributed by atoms with Gasteiger partial charge in [0.1, 0.15) is 20.3 Å². The Hall–Kier alpha value is -4.00. The van der Waals surface area contributed by atoms with Crippen LogP contribution in [0.4, 0.5) is 5.69 Å². The van der Waals surface area contributed by atoms with Crippen LogP contribution >= 0.6 is 0 Å². The molecular formula is C32H38NO6+. The normalized spacial score (nSPS) is 13.7. The van der Waals surface area contributed by atoms with Gasteiger partial charge in [-0.15, -0.1) is 0 Å². The maximum Gasteiger partial charge on any atom is 0.333 e. The Balaban J connectivity index is 1.35. The zero-order chi connectivity index (χ0) is 28.4. The molecule has 0 saturated heterocycles. The second kappa shape index (κ2) is 13.7. The highest BCUT2D eigenvalue weighted by atomic mass is 16.6. The molecule has 0 amide bonds. The second-order valence-corrected chi connectivity index (χ2v) is 10.1. The standard InChI is InChI=1S/C32H38NO6/c1-23(2)31(36)39-22-21-38-30(35)18-17-29(34)37-20-19-25-15-13-24(14-16-25)9-8-12-28-32(3,4)26-10-6-7-11-27(26)33(28)5/h6-8,10-16H,1,9,17-22H2,2-5H3/q+1/b12-8+. The fourth-order valence-corrected chi connectivity index (χ4v) is 4.49. The van der Waals surface area contributed by atoms with Crippen molar-refractivity contribution in [2.75, 3.05) is 26.9 Å². The highest BCUT2D eigenvalue weighted by Gasteiger charge is 2.42. The number of hydrogen-bond acceptors (Lipinski definition) is 6. The number of carbonyl (C=O) groups is 3. The third-order valence-corrected chi connectivity index (χ3v) is 6.71. The molecule has 0 spiro atoms. The Morgan fingerprint density at radius 3 is 2.10 bits per heavy atom. The number of para-hydroxylation sites is 1. The summed E-state index contributed by atoms with van der Waals surface area (Å²) in [7, 11) is 2.12. The van der Waals surface area contributed by atoms with Gasteiger partial charge in [0.05, 0.1) is 24.9 Å². The van der Waals surface area contributed by atoms with Gasteiger partial charge in [-0.05, 0) is 38.3 Å². The van der Waals surface area contributed by atoms with E-state index in [9.17, 15) is 14.4 Å². The lowest BCUT2D eigenvalue weighted by Crippen LogP contribution is -2.26. The molecule has 7 nitrogen and oxygen atoms in total. The average molecular weight is 533 g/mol. The van der Waals surface area contributed by atoms with Crippen LogP contribution in [-0.2, 0) is 46.9 Å². The Morgan fingerprint density at radius 2 is 1.46 bits per heavy atom. The van der Waals surface area contributed by atoms with Gasteiger partial charge >= 0.3 is 17.9 Å². The SMILES string of the molecule is C=C(C)C(=O)OCCOC(=O)CCC(=O)OCCc1ccc(C/C=C/C2=[N+](C)c3ccccc3C2(C)C)cc1. The van der Waals surface area contributed by atoms with Crippen molar-refractivity contribution in [1.29, 1.82) is 0 Å². The summed E-state index contributed by atoms with van der Waals surface area (Å²) in [5, 5.41) is 0. The van der Waals surface area contributed by atoms with E-state index in [1.54, 1.807) is 0 Å². The number of rotatable bonds is 13.